The Morgan fingerprint density at radius 3 is 1.75 bits per heavy atom. The van der Waals surface area contributed by atoms with Crippen LogP contribution in [-0.2, 0) is 11.0 Å². The fraction of sp³-hybridized carbons (Fsp3) is 0.600. The van der Waals surface area contributed by atoms with Gasteiger partial charge in [0.05, 0.1) is 0 Å². The molecule has 0 fully saturated rings. The van der Waals surface area contributed by atoms with Gasteiger partial charge in [0.25, 0.3) is 0 Å². The normalized spacial score (nSPS) is 9.50. The first-order valence-corrected chi connectivity index (χ1v) is 8.80. The minimum Gasteiger partial charge on any atom is -0.822 e. The molecule has 5 nitrogen and oxygen atoms in total. The standard InChI is InChI=1S/C15H24O.3K.H3O4P/c1-2-3-4-5-6-7-8-11-14-12-9-10-13-15(14)16;;;;1-5(2,3)4/h9-10,12-13,16H,2-8,11H2,1H3;;;;(H3,1,2,3,4)/q;3*+1;/p-3. The number of hydrogen-bond acceptors (Lipinski definition) is 5. The molecule has 24 heavy (non-hydrogen) atoms. The first-order valence-electron chi connectivity index (χ1n) is 7.34. The summed E-state index contributed by atoms with van der Waals surface area (Å²) in [6.07, 6.45) is 10.3. The van der Waals surface area contributed by atoms with Crippen molar-refractivity contribution in [2.45, 2.75) is 58.3 Å². The Morgan fingerprint density at radius 1 is 0.875 bits per heavy atom. The average Bonchev–Trinajstić information content (AvgIpc) is 2.38. The Kier molecular flexibility index (Phi) is 34.5. The maximum absolute atomic E-state index is 9.58. The van der Waals surface area contributed by atoms with E-state index in [-0.39, 0.29) is 154 Å². The van der Waals surface area contributed by atoms with Crippen LogP contribution in [0.2, 0.25) is 0 Å². The Balaban J connectivity index is -0.000000221. The minimum atomic E-state index is -5.39. The SMILES string of the molecule is CCCCCCCCCc1ccccc1O.O=P([O-])([O-])[O-].[K+].[K+].[K+]. The van der Waals surface area contributed by atoms with Crippen LogP contribution in [0.1, 0.15) is 57.4 Å². The second-order valence-corrected chi connectivity index (χ2v) is 5.84. The summed E-state index contributed by atoms with van der Waals surface area (Å²) in [5, 5.41) is 9.58. The van der Waals surface area contributed by atoms with Crippen molar-refractivity contribution < 1.29 is 179 Å². The van der Waals surface area contributed by atoms with Crippen molar-refractivity contribution >= 4 is 7.82 Å². The number of phenols is 1. The number of aromatic hydroxyl groups is 1. The summed E-state index contributed by atoms with van der Waals surface area (Å²) in [5.41, 5.74) is 1.09. The number of benzene rings is 1. The van der Waals surface area contributed by atoms with Crippen LogP contribution >= 0.6 is 7.82 Å². The molecule has 1 aromatic rings. The van der Waals surface area contributed by atoms with Gasteiger partial charge in [-0.05, 0) is 24.5 Å². The van der Waals surface area contributed by atoms with E-state index in [2.05, 4.69) is 6.92 Å². The van der Waals surface area contributed by atoms with Gasteiger partial charge in [-0.1, -0.05) is 63.6 Å². The Bertz CT molecular complexity index is 421. The van der Waals surface area contributed by atoms with Crippen molar-refractivity contribution in [2.75, 3.05) is 0 Å². The monoisotopic (exact) mass is 432 g/mol. The average molecular weight is 433 g/mol. The van der Waals surface area contributed by atoms with Crippen molar-refractivity contribution in [3.05, 3.63) is 29.8 Å². The van der Waals surface area contributed by atoms with Gasteiger partial charge in [0.15, 0.2) is 0 Å². The molecule has 0 saturated carbocycles. The van der Waals surface area contributed by atoms with Gasteiger partial charge in [-0.2, -0.15) is 7.82 Å². The van der Waals surface area contributed by atoms with Crippen LogP contribution in [0.25, 0.3) is 0 Å². The zero-order chi connectivity index (χ0) is 16.1. The fourth-order valence-electron chi connectivity index (χ4n) is 1.99. The third kappa shape index (κ3) is 28.3. The van der Waals surface area contributed by atoms with E-state index in [1.807, 2.05) is 18.2 Å². The molecular weight excluding hydrogens is 408 g/mol. The molecule has 0 aromatic heterocycles. The molecule has 0 spiro atoms. The van der Waals surface area contributed by atoms with Crippen LogP contribution in [0, 0.1) is 0 Å². The van der Waals surface area contributed by atoms with E-state index in [0.29, 0.717) is 5.75 Å². The van der Waals surface area contributed by atoms with E-state index >= 15 is 0 Å². The second kappa shape index (κ2) is 23.3. The second-order valence-electron chi connectivity index (χ2n) is 4.95. The number of hydrogen-bond donors (Lipinski definition) is 1. The smallest absolute Gasteiger partial charge is 0.822 e. The number of unbranched alkanes of at least 4 members (excludes halogenated alkanes) is 6. The molecule has 0 aliphatic carbocycles. The van der Waals surface area contributed by atoms with E-state index in [1.165, 1.54) is 44.9 Å². The van der Waals surface area contributed by atoms with Gasteiger partial charge in [0.2, 0.25) is 0 Å². The van der Waals surface area contributed by atoms with Crippen molar-refractivity contribution in [1.29, 1.82) is 0 Å². The van der Waals surface area contributed by atoms with Crippen LogP contribution in [0.15, 0.2) is 24.3 Å². The van der Waals surface area contributed by atoms with E-state index in [9.17, 15) is 5.11 Å². The number of rotatable bonds is 8. The molecule has 0 aliphatic rings. The summed E-state index contributed by atoms with van der Waals surface area (Å²) in [6, 6.07) is 7.67. The molecule has 9 heteroatoms. The Morgan fingerprint density at radius 2 is 1.29 bits per heavy atom. The minimum absolute atomic E-state index is 0. The van der Waals surface area contributed by atoms with Crippen LogP contribution in [0.5, 0.6) is 5.75 Å². The van der Waals surface area contributed by atoms with Gasteiger partial charge in [-0.25, -0.2) is 0 Å². The van der Waals surface area contributed by atoms with Gasteiger partial charge in [-0.3, -0.25) is 0 Å². The molecule has 0 unspecified atom stereocenters. The van der Waals surface area contributed by atoms with Gasteiger partial charge in [-0.15, -0.1) is 0 Å². The van der Waals surface area contributed by atoms with E-state index < -0.39 is 7.82 Å². The van der Waals surface area contributed by atoms with E-state index in [1.54, 1.807) is 6.07 Å². The van der Waals surface area contributed by atoms with Crippen LogP contribution in [-0.4, -0.2) is 5.11 Å². The molecule has 122 valence electrons. The van der Waals surface area contributed by atoms with Crippen molar-refractivity contribution in [1.82, 2.24) is 0 Å². The number of aryl methyl sites for hydroxylation is 1. The van der Waals surface area contributed by atoms with E-state index in [0.717, 1.165) is 12.0 Å². The quantitative estimate of drug-likeness (QED) is 0.250. The van der Waals surface area contributed by atoms with Crippen LogP contribution in [0.3, 0.4) is 0 Å². The maximum Gasteiger partial charge on any atom is 1.00 e. The zero-order valence-corrected chi connectivity index (χ0v) is 25.8. The first kappa shape index (κ1) is 35.5. The summed E-state index contributed by atoms with van der Waals surface area (Å²) in [7, 11) is -5.39. The topological polar surface area (TPSA) is 106 Å². The predicted molar refractivity (Wildman–Crippen MR) is 77.4 cm³/mol. The van der Waals surface area contributed by atoms with Gasteiger partial charge in [0.1, 0.15) is 5.75 Å². The van der Waals surface area contributed by atoms with Gasteiger partial charge >= 0.3 is 154 Å². The largest absolute Gasteiger partial charge is 1.00 e. The molecule has 0 heterocycles. The number of para-hydroxylation sites is 1. The Labute approximate surface area is 273 Å². The van der Waals surface area contributed by atoms with Crippen LogP contribution < -0.4 is 169 Å². The molecule has 1 rings (SSSR count). The number of phenolic OH excluding ortho intramolecular Hbond substituents is 1. The molecule has 0 saturated heterocycles. The number of phosphoric acid groups is 1. The van der Waals surface area contributed by atoms with E-state index in [4.69, 9.17) is 19.2 Å². The molecular formula is C15H24K3O5P. The van der Waals surface area contributed by atoms with Crippen LogP contribution in [0.4, 0.5) is 0 Å². The third-order valence-corrected chi connectivity index (χ3v) is 3.04. The van der Waals surface area contributed by atoms with Gasteiger partial charge in [0, 0.05) is 0 Å². The molecule has 0 atom stereocenters. The molecule has 0 amide bonds. The molecule has 1 aromatic carbocycles. The molecule has 0 bridgehead atoms. The van der Waals surface area contributed by atoms with Crippen molar-refractivity contribution in [3.8, 4) is 5.75 Å². The van der Waals surface area contributed by atoms with Crippen molar-refractivity contribution in [2.24, 2.45) is 0 Å². The summed E-state index contributed by atoms with van der Waals surface area (Å²) >= 11 is 0. The van der Waals surface area contributed by atoms with Gasteiger partial charge < -0.3 is 24.4 Å². The first-order chi connectivity index (χ1) is 9.84. The molecule has 0 radical (unpaired) electrons. The third-order valence-electron chi connectivity index (χ3n) is 3.04. The maximum atomic E-state index is 9.58. The fourth-order valence-corrected chi connectivity index (χ4v) is 1.99. The predicted octanol–water partition coefficient (Wildman–Crippen LogP) is -7.13. The summed E-state index contributed by atoms with van der Waals surface area (Å²) in [4.78, 5) is 25.6. The molecule has 0 aliphatic heterocycles. The summed E-state index contributed by atoms with van der Waals surface area (Å²) in [5.74, 6) is 0.452. The summed E-state index contributed by atoms with van der Waals surface area (Å²) < 4.78 is 8.55. The molecule has 1 N–H and O–H groups in total. The zero-order valence-electron chi connectivity index (χ0n) is 15.5. The van der Waals surface area contributed by atoms with Crippen molar-refractivity contribution in [3.63, 3.8) is 0 Å². The Hall–Kier alpha value is 4.04. The summed E-state index contributed by atoms with van der Waals surface area (Å²) in [6.45, 7) is 2.25.